The van der Waals surface area contributed by atoms with E-state index in [0.29, 0.717) is 16.8 Å². The Kier molecular flexibility index (Phi) is 6.42. The van der Waals surface area contributed by atoms with Crippen LogP contribution in [0.2, 0.25) is 0 Å². The van der Waals surface area contributed by atoms with Crippen molar-refractivity contribution in [2.45, 2.75) is 26.2 Å². The molecule has 1 saturated heterocycles. The Morgan fingerprint density at radius 1 is 0.964 bits per heavy atom. The normalized spacial score (nSPS) is 13.7. The Morgan fingerprint density at radius 3 is 2.46 bits per heavy atom. The maximum atomic E-state index is 12.6. The monoisotopic (exact) mass is 379 g/mol. The van der Waals surface area contributed by atoms with Crippen molar-refractivity contribution in [2.75, 3.05) is 25.0 Å². The number of carbonyl (C=O) groups is 3. The number of benzene rings is 2. The maximum absolute atomic E-state index is 12.6. The van der Waals surface area contributed by atoms with Crippen molar-refractivity contribution in [2.24, 2.45) is 0 Å². The van der Waals surface area contributed by atoms with Crippen molar-refractivity contribution >= 4 is 23.4 Å². The smallest absolute Gasteiger partial charge is 0.253 e. The van der Waals surface area contributed by atoms with Gasteiger partial charge in [0.05, 0.1) is 6.54 Å². The summed E-state index contributed by atoms with van der Waals surface area (Å²) in [5.41, 5.74) is 2.50. The van der Waals surface area contributed by atoms with Crippen LogP contribution in [0, 0.1) is 6.92 Å². The van der Waals surface area contributed by atoms with E-state index in [1.807, 2.05) is 24.0 Å². The van der Waals surface area contributed by atoms with Crippen LogP contribution in [0.25, 0.3) is 0 Å². The molecular weight excluding hydrogens is 354 g/mol. The Bertz CT molecular complexity index is 873. The second-order valence-corrected chi connectivity index (χ2v) is 6.98. The molecule has 1 aliphatic rings. The van der Waals surface area contributed by atoms with Gasteiger partial charge in [-0.2, -0.15) is 0 Å². The van der Waals surface area contributed by atoms with Gasteiger partial charge in [-0.15, -0.1) is 0 Å². The van der Waals surface area contributed by atoms with Crippen molar-refractivity contribution in [1.29, 1.82) is 0 Å². The van der Waals surface area contributed by atoms with E-state index in [1.165, 1.54) is 0 Å². The summed E-state index contributed by atoms with van der Waals surface area (Å²) < 4.78 is 0. The zero-order valence-electron chi connectivity index (χ0n) is 16.0. The minimum atomic E-state index is -0.343. The summed E-state index contributed by atoms with van der Waals surface area (Å²) in [5, 5.41) is 5.36. The standard InChI is InChI=1S/C22H25N3O3/c1-16-8-3-4-11-19(16)21(27)23-15-20(26)24-18-10-7-9-17(14-18)22(28)25-12-5-2-6-13-25/h3-4,7-11,14H,2,5-6,12-13,15H2,1H3,(H,23,27)(H,24,26). The van der Waals surface area contributed by atoms with Crippen LogP contribution in [-0.2, 0) is 4.79 Å². The number of hydrogen-bond donors (Lipinski definition) is 2. The lowest BCUT2D eigenvalue weighted by Gasteiger charge is -2.26. The van der Waals surface area contributed by atoms with Gasteiger partial charge in [0.2, 0.25) is 5.91 Å². The molecule has 6 heteroatoms. The Balaban J connectivity index is 1.56. The SMILES string of the molecule is Cc1ccccc1C(=O)NCC(=O)Nc1cccc(C(=O)N2CCCCC2)c1. The van der Waals surface area contributed by atoms with Crippen LogP contribution in [-0.4, -0.2) is 42.3 Å². The number of aryl methyl sites for hydroxylation is 1. The third-order valence-corrected chi connectivity index (χ3v) is 4.84. The average Bonchev–Trinajstić information content (AvgIpc) is 2.72. The van der Waals surface area contributed by atoms with Gasteiger partial charge in [0.15, 0.2) is 0 Å². The largest absolute Gasteiger partial charge is 0.343 e. The summed E-state index contributed by atoms with van der Waals surface area (Å²) >= 11 is 0. The number of rotatable bonds is 5. The first-order chi connectivity index (χ1) is 13.5. The molecular formula is C22H25N3O3. The third kappa shape index (κ3) is 4.97. The van der Waals surface area contributed by atoms with Gasteiger partial charge in [0.25, 0.3) is 11.8 Å². The average molecular weight is 379 g/mol. The summed E-state index contributed by atoms with van der Waals surface area (Å²) in [6.07, 6.45) is 3.22. The summed E-state index contributed by atoms with van der Waals surface area (Å²) in [4.78, 5) is 38.8. The lowest BCUT2D eigenvalue weighted by Crippen LogP contribution is -2.35. The summed E-state index contributed by atoms with van der Waals surface area (Å²) in [7, 11) is 0. The highest BCUT2D eigenvalue weighted by atomic mass is 16.2. The molecule has 6 nitrogen and oxygen atoms in total. The van der Waals surface area contributed by atoms with Crippen LogP contribution >= 0.6 is 0 Å². The molecule has 0 unspecified atom stereocenters. The Labute approximate surface area is 164 Å². The Morgan fingerprint density at radius 2 is 1.71 bits per heavy atom. The quantitative estimate of drug-likeness (QED) is 0.838. The van der Waals surface area contributed by atoms with Gasteiger partial charge < -0.3 is 15.5 Å². The molecule has 0 atom stereocenters. The molecule has 0 aliphatic carbocycles. The molecule has 2 N–H and O–H groups in total. The van der Waals surface area contributed by atoms with Crippen LogP contribution in [0.1, 0.15) is 45.5 Å². The molecule has 2 aromatic carbocycles. The van der Waals surface area contributed by atoms with Gasteiger partial charge in [-0.05, 0) is 56.0 Å². The first kappa shape index (κ1) is 19.6. The topological polar surface area (TPSA) is 78.5 Å². The number of amides is 3. The van der Waals surface area contributed by atoms with Gasteiger partial charge in [0.1, 0.15) is 0 Å². The van der Waals surface area contributed by atoms with Crippen molar-refractivity contribution in [3.8, 4) is 0 Å². The van der Waals surface area contributed by atoms with Crippen molar-refractivity contribution in [1.82, 2.24) is 10.2 Å². The number of carbonyl (C=O) groups excluding carboxylic acids is 3. The number of nitrogens with one attached hydrogen (secondary N) is 2. The molecule has 2 aromatic rings. The first-order valence-electron chi connectivity index (χ1n) is 9.57. The number of hydrogen-bond acceptors (Lipinski definition) is 3. The fourth-order valence-corrected chi connectivity index (χ4v) is 3.30. The van der Waals surface area contributed by atoms with E-state index < -0.39 is 0 Å². The molecule has 0 bridgehead atoms. The second-order valence-electron chi connectivity index (χ2n) is 6.98. The van der Waals surface area contributed by atoms with Crippen molar-refractivity contribution < 1.29 is 14.4 Å². The molecule has 3 rings (SSSR count). The third-order valence-electron chi connectivity index (χ3n) is 4.84. The summed E-state index contributed by atoms with van der Waals surface area (Å²) in [6, 6.07) is 14.1. The molecule has 0 saturated carbocycles. The highest BCUT2D eigenvalue weighted by Gasteiger charge is 2.18. The predicted octanol–water partition coefficient (Wildman–Crippen LogP) is 2.99. The van der Waals surface area contributed by atoms with Crippen molar-refractivity contribution in [3.63, 3.8) is 0 Å². The van der Waals surface area contributed by atoms with Crippen LogP contribution < -0.4 is 10.6 Å². The lowest BCUT2D eigenvalue weighted by molar-refractivity contribution is -0.115. The molecule has 0 spiro atoms. The number of likely N-dealkylation sites (tertiary alicyclic amines) is 1. The van der Waals surface area contributed by atoms with Crippen LogP contribution in [0.3, 0.4) is 0 Å². The van der Waals surface area contributed by atoms with E-state index in [1.54, 1.807) is 36.4 Å². The zero-order valence-corrected chi connectivity index (χ0v) is 16.0. The molecule has 146 valence electrons. The van der Waals surface area contributed by atoms with Crippen LogP contribution in [0.5, 0.6) is 0 Å². The van der Waals surface area contributed by atoms with E-state index in [2.05, 4.69) is 10.6 Å². The minimum absolute atomic E-state index is 0.0105. The van der Waals surface area contributed by atoms with Crippen LogP contribution in [0.15, 0.2) is 48.5 Å². The number of piperidine rings is 1. The van der Waals surface area contributed by atoms with E-state index in [-0.39, 0.29) is 24.3 Å². The summed E-state index contributed by atoms with van der Waals surface area (Å²) in [6.45, 7) is 3.26. The molecule has 1 fully saturated rings. The van der Waals surface area contributed by atoms with Crippen LogP contribution in [0.4, 0.5) is 5.69 Å². The van der Waals surface area contributed by atoms with E-state index in [9.17, 15) is 14.4 Å². The second kappa shape index (κ2) is 9.17. The molecule has 3 amide bonds. The molecule has 1 aliphatic heterocycles. The van der Waals surface area contributed by atoms with Crippen molar-refractivity contribution in [3.05, 3.63) is 65.2 Å². The Hall–Kier alpha value is -3.15. The maximum Gasteiger partial charge on any atom is 0.253 e. The fourth-order valence-electron chi connectivity index (χ4n) is 3.30. The molecule has 1 heterocycles. The van der Waals surface area contributed by atoms with E-state index in [0.717, 1.165) is 37.9 Å². The lowest BCUT2D eigenvalue weighted by atomic mass is 10.1. The highest BCUT2D eigenvalue weighted by Crippen LogP contribution is 2.16. The van der Waals surface area contributed by atoms with Gasteiger partial charge in [0, 0.05) is 29.9 Å². The van der Waals surface area contributed by atoms with Gasteiger partial charge >= 0.3 is 0 Å². The van der Waals surface area contributed by atoms with Gasteiger partial charge in [-0.3, -0.25) is 14.4 Å². The predicted molar refractivity (Wildman–Crippen MR) is 108 cm³/mol. The number of nitrogens with zero attached hydrogens (tertiary/aromatic N) is 1. The minimum Gasteiger partial charge on any atom is -0.343 e. The van der Waals surface area contributed by atoms with Gasteiger partial charge in [-0.25, -0.2) is 0 Å². The van der Waals surface area contributed by atoms with E-state index in [4.69, 9.17) is 0 Å². The van der Waals surface area contributed by atoms with Gasteiger partial charge in [-0.1, -0.05) is 24.3 Å². The molecule has 28 heavy (non-hydrogen) atoms. The molecule has 0 aromatic heterocycles. The highest BCUT2D eigenvalue weighted by molar-refractivity contribution is 6.01. The number of anilines is 1. The summed E-state index contributed by atoms with van der Waals surface area (Å²) in [5.74, 6) is -0.643. The van der Waals surface area contributed by atoms with E-state index >= 15 is 0 Å². The first-order valence-corrected chi connectivity index (χ1v) is 9.57. The fraction of sp³-hybridized carbons (Fsp3) is 0.318. The zero-order chi connectivity index (χ0) is 19.9. The molecule has 0 radical (unpaired) electrons.